The predicted octanol–water partition coefficient (Wildman–Crippen LogP) is 15.0. The number of rotatable bonds is 4. The first-order valence-corrected chi connectivity index (χ1v) is 19.0. The smallest absolute Gasteiger partial charge is 0.136 e. The fourth-order valence-electron chi connectivity index (χ4n) is 8.82. The van der Waals surface area contributed by atoms with E-state index < -0.39 is 0 Å². The Hall–Kier alpha value is -7.49. The summed E-state index contributed by atoms with van der Waals surface area (Å²) in [6.45, 7) is 0. The highest BCUT2D eigenvalue weighted by Crippen LogP contribution is 2.45. The van der Waals surface area contributed by atoms with Gasteiger partial charge in [0.1, 0.15) is 22.3 Å². The first-order valence-electron chi connectivity index (χ1n) is 19.0. The first-order chi connectivity index (χ1) is 27.7. The highest BCUT2D eigenvalue weighted by atomic mass is 16.3. The molecule has 3 heterocycles. The quantitative estimate of drug-likeness (QED) is 0.170. The van der Waals surface area contributed by atoms with Gasteiger partial charge in [-0.05, 0) is 121 Å². The van der Waals surface area contributed by atoms with Crippen molar-refractivity contribution in [1.82, 2.24) is 4.98 Å². The molecule has 0 bridgehead atoms. The van der Waals surface area contributed by atoms with Crippen LogP contribution < -0.4 is 0 Å². The minimum absolute atomic E-state index is 0.879. The van der Waals surface area contributed by atoms with E-state index in [1.54, 1.807) is 0 Å². The molecule has 3 nitrogen and oxygen atoms in total. The second-order valence-electron chi connectivity index (χ2n) is 14.7. The Morgan fingerprint density at radius 3 is 1.57 bits per heavy atom. The summed E-state index contributed by atoms with van der Waals surface area (Å²) in [5.41, 5.74) is 12.6. The van der Waals surface area contributed by atoms with E-state index in [0.717, 1.165) is 71.8 Å². The first kappa shape index (κ1) is 30.9. The molecule has 0 atom stereocenters. The Morgan fingerprint density at radius 1 is 0.286 bits per heavy atom. The van der Waals surface area contributed by atoms with Crippen molar-refractivity contribution in [3.05, 3.63) is 188 Å². The minimum atomic E-state index is 0.879. The number of hydrogen-bond acceptors (Lipinski definition) is 3. The van der Waals surface area contributed by atoms with E-state index in [1.807, 2.05) is 18.3 Å². The molecule has 0 N–H and O–H groups in total. The van der Waals surface area contributed by atoms with Gasteiger partial charge < -0.3 is 8.83 Å². The zero-order valence-electron chi connectivity index (χ0n) is 30.2. The third-order valence-electron chi connectivity index (χ3n) is 11.5. The molecule has 0 unspecified atom stereocenters. The Morgan fingerprint density at radius 2 is 0.804 bits per heavy atom. The van der Waals surface area contributed by atoms with Crippen molar-refractivity contribution in [2.24, 2.45) is 0 Å². The van der Waals surface area contributed by atoms with Gasteiger partial charge in [-0.25, -0.2) is 0 Å². The average Bonchev–Trinajstić information content (AvgIpc) is 3.82. The fraction of sp³-hybridized carbons (Fsp3) is 0. The SMILES string of the molecule is c1ccc(-c2c3ccccc3c(-c3ccc(-c4ccc5oc6cc7ccccc7cc6c5c4)nc3)c3ccc(-c4ccc5oc6ccccc6c5c4)cc23)cc1. The predicted molar refractivity (Wildman–Crippen MR) is 233 cm³/mol. The number of furan rings is 2. The van der Waals surface area contributed by atoms with E-state index >= 15 is 0 Å². The number of para-hydroxylation sites is 1. The van der Waals surface area contributed by atoms with E-state index in [-0.39, 0.29) is 0 Å². The second kappa shape index (κ2) is 12.0. The molecule has 0 aliphatic carbocycles. The van der Waals surface area contributed by atoms with Gasteiger partial charge in [-0.15, -0.1) is 0 Å². The number of nitrogens with zero attached hydrogens (tertiary/aromatic N) is 1. The number of pyridine rings is 1. The van der Waals surface area contributed by atoms with Crippen LogP contribution >= 0.6 is 0 Å². The standard InChI is InChI=1S/C53H31NO2/c1-2-10-32(11-3-1)52-40-15-6-7-16-41(40)53(42-22-18-35(28-46(42)52)36-20-24-49-43(27-36)39-14-8-9-17-48(39)55-49)38-19-23-47(54-31-38)37-21-25-50-44(29-37)45-26-33-12-4-5-13-34(33)30-51(45)56-50/h1-31H. The van der Waals surface area contributed by atoms with Crippen molar-refractivity contribution >= 4 is 76.2 Å². The van der Waals surface area contributed by atoms with E-state index in [9.17, 15) is 0 Å². The van der Waals surface area contributed by atoms with Crippen LogP contribution in [0.4, 0.5) is 0 Å². The van der Waals surface area contributed by atoms with Gasteiger partial charge in [0, 0.05) is 38.9 Å². The third kappa shape index (κ3) is 4.74. The number of hydrogen-bond donors (Lipinski definition) is 0. The van der Waals surface area contributed by atoms with E-state index in [4.69, 9.17) is 13.8 Å². The van der Waals surface area contributed by atoms with E-state index in [1.165, 1.54) is 49.0 Å². The molecule has 56 heavy (non-hydrogen) atoms. The van der Waals surface area contributed by atoms with Crippen LogP contribution in [0, 0.1) is 0 Å². The number of fused-ring (bicyclic) bond motifs is 9. The molecule has 0 aliphatic heterocycles. The van der Waals surface area contributed by atoms with Crippen molar-refractivity contribution in [1.29, 1.82) is 0 Å². The number of benzene rings is 9. The minimum Gasteiger partial charge on any atom is -0.456 e. The molecule has 0 aliphatic rings. The van der Waals surface area contributed by atoms with Gasteiger partial charge in [-0.2, -0.15) is 0 Å². The third-order valence-corrected chi connectivity index (χ3v) is 11.5. The molecular weight excluding hydrogens is 683 g/mol. The summed E-state index contributed by atoms with van der Waals surface area (Å²) in [7, 11) is 0. The van der Waals surface area contributed by atoms with Gasteiger partial charge in [0.05, 0.1) is 5.69 Å². The Bertz CT molecular complexity index is 3520. The molecule has 3 aromatic heterocycles. The normalized spacial score (nSPS) is 11.9. The Balaban J connectivity index is 1.03. The van der Waals surface area contributed by atoms with Gasteiger partial charge >= 0.3 is 0 Å². The van der Waals surface area contributed by atoms with Gasteiger partial charge in [0.25, 0.3) is 0 Å². The maximum atomic E-state index is 6.30. The lowest BCUT2D eigenvalue weighted by Crippen LogP contribution is -1.92. The molecular formula is C53H31NO2. The molecule has 0 saturated heterocycles. The van der Waals surface area contributed by atoms with Gasteiger partial charge in [-0.3, -0.25) is 4.98 Å². The largest absolute Gasteiger partial charge is 0.456 e. The van der Waals surface area contributed by atoms with Crippen LogP contribution in [0.3, 0.4) is 0 Å². The van der Waals surface area contributed by atoms with Gasteiger partial charge in [0.2, 0.25) is 0 Å². The summed E-state index contributed by atoms with van der Waals surface area (Å²) in [4.78, 5) is 5.12. The highest BCUT2D eigenvalue weighted by Gasteiger charge is 2.19. The summed E-state index contributed by atoms with van der Waals surface area (Å²) >= 11 is 0. The summed E-state index contributed by atoms with van der Waals surface area (Å²) in [6.07, 6.45) is 2.04. The highest BCUT2D eigenvalue weighted by molar-refractivity contribution is 6.22. The molecule has 0 amide bonds. The Kier molecular flexibility index (Phi) is 6.63. The van der Waals surface area contributed by atoms with Crippen LogP contribution in [-0.2, 0) is 0 Å². The molecule has 3 heteroatoms. The van der Waals surface area contributed by atoms with Crippen LogP contribution in [0.2, 0.25) is 0 Å². The summed E-state index contributed by atoms with van der Waals surface area (Å²) in [5, 5.41) is 11.6. The van der Waals surface area contributed by atoms with Crippen LogP contribution in [-0.4, -0.2) is 4.98 Å². The molecule has 0 saturated carbocycles. The van der Waals surface area contributed by atoms with E-state index in [0.29, 0.717) is 0 Å². The maximum Gasteiger partial charge on any atom is 0.136 e. The molecule has 9 aromatic carbocycles. The molecule has 0 radical (unpaired) electrons. The summed E-state index contributed by atoms with van der Waals surface area (Å²) in [6, 6.07) is 64.8. The van der Waals surface area contributed by atoms with Crippen molar-refractivity contribution in [3.8, 4) is 44.6 Å². The van der Waals surface area contributed by atoms with Gasteiger partial charge in [-0.1, -0.05) is 121 Å². The van der Waals surface area contributed by atoms with Gasteiger partial charge in [0.15, 0.2) is 0 Å². The lowest BCUT2D eigenvalue weighted by Gasteiger charge is -2.19. The molecule has 12 aromatic rings. The number of aromatic nitrogens is 1. The van der Waals surface area contributed by atoms with Crippen molar-refractivity contribution in [2.45, 2.75) is 0 Å². The van der Waals surface area contributed by atoms with Crippen molar-refractivity contribution in [3.63, 3.8) is 0 Å². The monoisotopic (exact) mass is 713 g/mol. The second-order valence-corrected chi connectivity index (χ2v) is 14.7. The lowest BCUT2D eigenvalue weighted by atomic mass is 9.85. The fourth-order valence-corrected chi connectivity index (χ4v) is 8.82. The average molecular weight is 714 g/mol. The van der Waals surface area contributed by atoms with Crippen LogP contribution in [0.1, 0.15) is 0 Å². The zero-order chi connectivity index (χ0) is 36.7. The summed E-state index contributed by atoms with van der Waals surface area (Å²) < 4.78 is 12.5. The Labute approximate surface area is 321 Å². The van der Waals surface area contributed by atoms with Crippen LogP contribution in [0.5, 0.6) is 0 Å². The topological polar surface area (TPSA) is 39.2 Å². The molecule has 0 fully saturated rings. The van der Waals surface area contributed by atoms with Crippen LogP contribution in [0.25, 0.3) is 121 Å². The van der Waals surface area contributed by atoms with Crippen molar-refractivity contribution < 1.29 is 8.83 Å². The molecule has 12 rings (SSSR count). The molecule has 260 valence electrons. The van der Waals surface area contributed by atoms with E-state index in [2.05, 4.69) is 170 Å². The van der Waals surface area contributed by atoms with Crippen molar-refractivity contribution in [2.75, 3.05) is 0 Å². The van der Waals surface area contributed by atoms with Crippen LogP contribution in [0.15, 0.2) is 197 Å². The summed E-state index contributed by atoms with van der Waals surface area (Å²) in [5.74, 6) is 0. The lowest BCUT2D eigenvalue weighted by molar-refractivity contribution is 0.669. The molecule has 0 spiro atoms. The maximum absolute atomic E-state index is 6.30. The zero-order valence-corrected chi connectivity index (χ0v) is 30.2.